The van der Waals surface area contributed by atoms with Gasteiger partial charge in [0.2, 0.25) is 11.0 Å². The summed E-state index contributed by atoms with van der Waals surface area (Å²) < 4.78 is 13.2. The van der Waals surface area contributed by atoms with Gasteiger partial charge in [-0.2, -0.15) is 0 Å². The third kappa shape index (κ3) is 5.92. The van der Waals surface area contributed by atoms with E-state index in [9.17, 15) is 9.18 Å². The number of anilines is 3. The van der Waals surface area contributed by atoms with Gasteiger partial charge in [0.15, 0.2) is 0 Å². The van der Waals surface area contributed by atoms with Crippen LogP contribution >= 0.6 is 23.1 Å². The molecule has 0 saturated carbocycles. The number of carbonyl (C=O) groups excluding carboxylic acids is 1. The first-order valence-electron chi connectivity index (χ1n) is 10.4. The Morgan fingerprint density at radius 1 is 1.12 bits per heavy atom. The minimum absolute atomic E-state index is 0.137. The van der Waals surface area contributed by atoms with Gasteiger partial charge in [-0.1, -0.05) is 30.0 Å². The number of piperazine rings is 1. The van der Waals surface area contributed by atoms with E-state index in [2.05, 4.69) is 42.2 Å². The largest absolute Gasteiger partial charge is 0.368 e. The summed E-state index contributed by atoms with van der Waals surface area (Å²) in [6.07, 6.45) is 3.39. The number of amides is 1. The normalized spacial score (nSPS) is 13.9. The molecule has 0 atom stereocenters. The highest BCUT2D eigenvalue weighted by molar-refractivity contribution is 7.99. The highest BCUT2D eigenvalue weighted by Crippen LogP contribution is 2.23. The Kier molecular flexibility index (Phi) is 7.48. The maximum Gasteiger partial charge on any atom is 0.236 e. The lowest BCUT2D eigenvalue weighted by atomic mass is 10.2. The van der Waals surface area contributed by atoms with E-state index in [-0.39, 0.29) is 17.5 Å². The number of rotatable bonds is 8. The molecule has 1 aromatic carbocycles. The molecule has 0 radical (unpaired) electrons. The summed E-state index contributed by atoms with van der Waals surface area (Å²) in [5.74, 6) is 0.714. The van der Waals surface area contributed by atoms with Crippen molar-refractivity contribution in [1.82, 2.24) is 20.2 Å². The van der Waals surface area contributed by atoms with Crippen molar-refractivity contribution in [1.29, 1.82) is 0 Å². The van der Waals surface area contributed by atoms with E-state index >= 15 is 0 Å². The number of nitrogens with one attached hydrogen (secondary N) is 1. The summed E-state index contributed by atoms with van der Waals surface area (Å²) in [6.45, 7) is 5.33. The summed E-state index contributed by atoms with van der Waals surface area (Å²) in [6, 6.07) is 8.50. The van der Waals surface area contributed by atoms with Crippen LogP contribution in [0.1, 0.15) is 18.4 Å². The molecular weight excluding hydrogens is 449 g/mol. The number of benzene rings is 1. The molecule has 1 saturated heterocycles. The Hall–Kier alpha value is -2.79. The van der Waals surface area contributed by atoms with Crippen molar-refractivity contribution in [2.24, 2.45) is 0 Å². The van der Waals surface area contributed by atoms with Crippen LogP contribution in [0, 0.1) is 5.82 Å². The molecule has 1 amide bonds. The van der Waals surface area contributed by atoms with Crippen molar-refractivity contribution in [2.45, 2.75) is 24.8 Å². The highest BCUT2D eigenvalue weighted by Gasteiger charge is 2.19. The lowest BCUT2D eigenvalue weighted by molar-refractivity contribution is -0.113. The van der Waals surface area contributed by atoms with E-state index < -0.39 is 0 Å². The molecule has 1 fully saturated rings. The summed E-state index contributed by atoms with van der Waals surface area (Å²) in [7, 11) is 0. The van der Waals surface area contributed by atoms with Gasteiger partial charge in [0.05, 0.1) is 5.75 Å². The zero-order valence-corrected chi connectivity index (χ0v) is 19.3. The molecule has 1 aliphatic rings. The molecule has 0 spiro atoms. The topological polar surface area (TPSA) is 87.1 Å². The van der Waals surface area contributed by atoms with E-state index in [1.807, 2.05) is 18.2 Å². The van der Waals surface area contributed by atoms with Crippen molar-refractivity contribution in [3.05, 3.63) is 47.5 Å². The summed E-state index contributed by atoms with van der Waals surface area (Å²) >= 11 is 2.77. The lowest BCUT2D eigenvalue weighted by Crippen LogP contribution is -2.46. The molecule has 0 unspecified atom stereocenters. The number of aryl methyl sites for hydroxylation is 1. The highest BCUT2D eigenvalue weighted by atomic mass is 32.2. The SMILES string of the molecule is CCCc1nnc(NC(=O)CSc2cc(N3CCN(c4ccc(F)cc4)CC3)ncn2)s1. The molecule has 11 heteroatoms. The number of hydrogen-bond acceptors (Lipinski definition) is 9. The van der Waals surface area contributed by atoms with Crippen molar-refractivity contribution >= 4 is 45.6 Å². The fraction of sp³-hybridized carbons (Fsp3) is 0.381. The third-order valence-electron chi connectivity index (χ3n) is 4.95. The molecule has 0 bridgehead atoms. The van der Waals surface area contributed by atoms with Gasteiger partial charge in [0.25, 0.3) is 0 Å². The Balaban J connectivity index is 1.28. The Bertz CT molecular complexity index is 1040. The van der Waals surface area contributed by atoms with Gasteiger partial charge in [0, 0.05) is 44.4 Å². The first kappa shape index (κ1) is 22.4. The van der Waals surface area contributed by atoms with Crippen molar-refractivity contribution in [3.63, 3.8) is 0 Å². The molecule has 0 aliphatic carbocycles. The lowest BCUT2D eigenvalue weighted by Gasteiger charge is -2.36. The van der Waals surface area contributed by atoms with Crippen LogP contribution < -0.4 is 15.1 Å². The predicted molar refractivity (Wildman–Crippen MR) is 126 cm³/mol. The molecule has 168 valence electrons. The van der Waals surface area contributed by atoms with Gasteiger partial charge in [-0.25, -0.2) is 14.4 Å². The second kappa shape index (κ2) is 10.7. The van der Waals surface area contributed by atoms with Crippen LogP contribution in [0.3, 0.4) is 0 Å². The standard InChI is InChI=1S/C21H24FN7OS2/c1-2-3-19-26-27-21(32-19)25-18(30)13-31-20-12-17(23-14-24-20)29-10-8-28(9-11-29)16-6-4-15(22)5-7-16/h4-7,12,14H,2-3,8-11,13H2,1H3,(H,25,27,30). The van der Waals surface area contributed by atoms with Crippen molar-refractivity contribution < 1.29 is 9.18 Å². The first-order valence-corrected chi connectivity index (χ1v) is 12.2. The number of aromatic nitrogens is 4. The molecule has 2 aromatic heterocycles. The van der Waals surface area contributed by atoms with Gasteiger partial charge < -0.3 is 9.80 Å². The summed E-state index contributed by atoms with van der Waals surface area (Å²) in [4.78, 5) is 25.4. The minimum atomic E-state index is -0.225. The number of halogens is 1. The zero-order chi connectivity index (χ0) is 22.3. The summed E-state index contributed by atoms with van der Waals surface area (Å²) in [5.41, 5.74) is 1.02. The van der Waals surface area contributed by atoms with E-state index in [4.69, 9.17) is 0 Å². The van der Waals surface area contributed by atoms with Gasteiger partial charge in [-0.3, -0.25) is 10.1 Å². The van der Waals surface area contributed by atoms with Gasteiger partial charge >= 0.3 is 0 Å². The molecule has 4 rings (SSSR count). The van der Waals surface area contributed by atoms with Crippen LogP contribution in [-0.4, -0.2) is 58.0 Å². The fourth-order valence-corrected chi connectivity index (χ4v) is 4.86. The molecular formula is C21H24FN7OS2. The molecule has 8 nitrogen and oxygen atoms in total. The summed E-state index contributed by atoms with van der Waals surface area (Å²) in [5, 5.41) is 13.1. The Morgan fingerprint density at radius 3 is 2.62 bits per heavy atom. The number of hydrogen-bond donors (Lipinski definition) is 1. The second-order valence-corrected chi connectivity index (χ2v) is 9.31. The molecule has 1 N–H and O–H groups in total. The van der Waals surface area contributed by atoms with Gasteiger partial charge in [-0.15, -0.1) is 10.2 Å². The third-order valence-corrected chi connectivity index (χ3v) is 6.78. The van der Waals surface area contributed by atoms with E-state index in [0.717, 1.165) is 60.6 Å². The van der Waals surface area contributed by atoms with Crippen molar-refractivity contribution in [2.75, 3.05) is 47.0 Å². The Morgan fingerprint density at radius 2 is 1.88 bits per heavy atom. The molecule has 32 heavy (non-hydrogen) atoms. The second-order valence-electron chi connectivity index (χ2n) is 7.25. The predicted octanol–water partition coefficient (Wildman–Crippen LogP) is 3.48. The van der Waals surface area contributed by atoms with E-state index in [1.165, 1.54) is 41.6 Å². The van der Waals surface area contributed by atoms with E-state index in [0.29, 0.717) is 5.13 Å². The zero-order valence-electron chi connectivity index (χ0n) is 17.7. The number of thioether (sulfide) groups is 1. The van der Waals surface area contributed by atoms with Crippen LogP contribution in [0.5, 0.6) is 0 Å². The monoisotopic (exact) mass is 473 g/mol. The van der Waals surface area contributed by atoms with Crippen LogP contribution in [0.2, 0.25) is 0 Å². The Labute approximate surface area is 194 Å². The van der Waals surface area contributed by atoms with Crippen LogP contribution in [-0.2, 0) is 11.2 Å². The van der Waals surface area contributed by atoms with Gasteiger partial charge in [-0.05, 0) is 30.7 Å². The van der Waals surface area contributed by atoms with Crippen LogP contribution in [0.15, 0.2) is 41.7 Å². The van der Waals surface area contributed by atoms with Crippen LogP contribution in [0.4, 0.5) is 21.0 Å². The smallest absolute Gasteiger partial charge is 0.236 e. The van der Waals surface area contributed by atoms with Crippen LogP contribution in [0.25, 0.3) is 0 Å². The van der Waals surface area contributed by atoms with E-state index in [1.54, 1.807) is 0 Å². The maximum absolute atomic E-state index is 13.2. The quantitative estimate of drug-likeness (QED) is 0.393. The molecule has 3 heterocycles. The number of nitrogens with zero attached hydrogens (tertiary/aromatic N) is 6. The first-order chi connectivity index (χ1) is 15.6. The molecule has 3 aromatic rings. The fourth-order valence-electron chi connectivity index (χ4n) is 3.34. The average molecular weight is 474 g/mol. The minimum Gasteiger partial charge on any atom is -0.368 e. The molecule has 1 aliphatic heterocycles. The van der Waals surface area contributed by atoms with Crippen molar-refractivity contribution in [3.8, 4) is 0 Å². The number of carbonyl (C=O) groups is 1. The maximum atomic E-state index is 13.2. The van der Waals surface area contributed by atoms with Gasteiger partial charge in [0.1, 0.15) is 28.0 Å². The average Bonchev–Trinajstić information content (AvgIpc) is 3.25.